The molecule has 0 heterocycles. The summed E-state index contributed by atoms with van der Waals surface area (Å²) >= 11 is 0. The number of rotatable bonds is 2. The van der Waals surface area contributed by atoms with Crippen LogP contribution in [-0.2, 0) is 0 Å². The van der Waals surface area contributed by atoms with Gasteiger partial charge in [-0.25, -0.2) is 0 Å². The molecule has 0 atom stereocenters. The van der Waals surface area contributed by atoms with Gasteiger partial charge in [0.25, 0.3) is 0 Å². The first-order valence-electron chi connectivity index (χ1n) is 3.47. The smallest absolute Gasteiger partial charge is 0.00721 e. The van der Waals surface area contributed by atoms with Gasteiger partial charge < -0.3 is 5.73 Å². The molecule has 0 aromatic carbocycles. The Kier molecular flexibility index (Phi) is 3.52. The molecule has 0 bridgehead atoms. The van der Waals surface area contributed by atoms with E-state index in [2.05, 4.69) is 6.92 Å². The summed E-state index contributed by atoms with van der Waals surface area (Å²) in [5, 5.41) is 0. The number of hydrogen-bond acceptors (Lipinski definition) is 1. The second kappa shape index (κ2) is 3.43. The molecule has 0 amide bonds. The SMILES string of the molecule is CC1(CCN)CCC1.Cl. The lowest BCUT2D eigenvalue weighted by atomic mass is 9.68. The van der Waals surface area contributed by atoms with Crippen molar-refractivity contribution in [3.8, 4) is 0 Å². The Morgan fingerprint density at radius 1 is 1.44 bits per heavy atom. The minimum absolute atomic E-state index is 0. The van der Waals surface area contributed by atoms with Crippen molar-refractivity contribution in [2.75, 3.05) is 6.54 Å². The van der Waals surface area contributed by atoms with Gasteiger partial charge in [0.2, 0.25) is 0 Å². The standard InChI is InChI=1S/C7H15N.ClH/c1-7(5-6-8)3-2-4-7;/h2-6,8H2,1H3;1H. The van der Waals surface area contributed by atoms with E-state index in [1.165, 1.54) is 25.7 Å². The van der Waals surface area contributed by atoms with Crippen LogP contribution in [0, 0.1) is 5.41 Å². The lowest BCUT2D eigenvalue weighted by molar-refractivity contribution is 0.150. The first-order chi connectivity index (χ1) is 3.77. The normalized spacial score (nSPS) is 22.0. The van der Waals surface area contributed by atoms with Crippen LogP contribution in [0.3, 0.4) is 0 Å². The van der Waals surface area contributed by atoms with Crippen molar-refractivity contribution < 1.29 is 0 Å². The largest absolute Gasteiger partial charge is 0.330 e. The monoisotopic (exact) mass is 149 g/mol. The zero-order chi connectivity index (χ0) is 6.04. The van der Waals surface area contributed by atoms with Gasteiger partial charge in [0.15, 0.2) is 0 Å². The fourth-order valence-corrected chi connectivity index (χ4v) is 1.38. The number of halogens is 1. The van der Waals surface area contributed by atoms with Crippen LogP contribution in [0.15, 0.2) is 0 Å². The lowest BCUT2D eigenvalue weighted by Gasteiger charge is -2.38. The highest BCUT2D eigenvalue weighted by Crippen LogP contribution is 2.42. The van der Waals surface area contributed by atoms with Gasteiger partial charge in [-0.05, 0) is 31.2 Å². The molecule has 1 aliphatic carbocycles. The van der Waals surface area contributed by atoms with Gasteiger partial charge in [0, 0.05) is 0 Å². The Bertz CT molecular complexity index is 79.0. The molecule has 0 radical (unpaired) electrons. The van der Waals surface area contributed by atoms with E-state index in [4.69, 9.17) is 5.73 Å². The van der Waals surface area contributed by atoms with Crippen LogP contribution >= 0.6 is 12.4 Å². The van der Waals surface area contributed by atoms with E-state index in [1.54, 1.807) is 0 Å². The van der Waals surface area contributed by atoms with Crippen molar-refractivity contribution in [1.82, 2.24) is 0 Å². The van der Waals surface area contributed by atoms with Gasteiger partial charge in [-0.15, -0.1) is 12.4 Å². The summed E-state index contributed by atoms with van der Waals surface area (Å²) in [7, 11) is 0. The summed E-state index contributed by atoms with van der Waals surface area (Å²) < 4.78 is 0. The van der Waals surface area contributed by atoms with Gasteiger partial charge in [0.05, 0.1) is 0 Å². The Morgan fingerprint density at radius 3 is 2.11 bits per heavy atom. The van der Waals surface area contributed by atoms with Crippen LogP contribution < -0.4 is 5.73 Å². The Balaban J connectivity index is 0.000000640. The van der Waals surface area contributed by atoms with Crippen molar-refractivity contribution in [2.45, 2.75) is 32.6 Å². The maximum absolute atomic E-state index is 5.42. The first-order valence-corrected chi connectivity index (χ1v) is 3.47. The van der Waals surface area contributed by atoms with E-state index in [0.717, 1.165) is 6.54 Å². The molecule has 1 aliphatic rings. The minimum Gasteiger partial charge on any atom is -0.330 e. The average molecular weight is 150 g/mol. The van der Waals surface area contributed by atoms with Crippen LogP contribution in [0.4, 0.5) is 0 Å². The molecule has 56 valence electrons. The molecule has 0 aromatic rings. The average Bonchev–Trinajstić information content (AvgIpc) is 1.64. The molecule has 0 unspecified atom stereocenters. The fourth-order valence-electron chi connectivity index (χ4n) is 1.38. The van der Waals surface area contributed by atoms with Crippen LogP contribution in [0.1, 0.15) is 32.6 Å². The Hall–Kier alpha value is 0.250. The van der Waals surface area contributed by atoms with Crippen molar-refractivity contribution in [2.24, 2.45) is 11.1 Å². The van der Waals surface area contributed by atoms with Gasteiger partial charge in [-0.2, -0.15) is 0 Å². The zero-order valence-corrected chi connectivity index (χ0v) is 6.84. The molecule has 0 aliphatic heterocycles. The third kappa shape index (κ3) is 2.15. The molecular formula is C7H16ClN. The fraction of sp³-hybridized carbons (Fsp3) is 1.00. The first kappa shape index (κ1) is 9.25. The summed E-state index contributed by atoms with van der Waals surface area (Å²) in [6.07, 6.45) is 5.47. The van der Waals surface area contributed by atoms with E-state index in [1.807, 2.05) is 0 Å². The summed E-state index contributed by atoms with van der Waals surface area (Å²) in [4.78, 5) is 0. The summed E-state index contributed by atoms with van der Waals surface area (Å²) in [5.41, 5.74) is 6.07. The van der Waals surface area contributed by atoms with Gasteiger partial charge in [0.1, 0.15) is 0 Å². The van der Waals surface area contributed by atoms with E-state index in [-0.39, 0.29) is 12.4 Å². The van der Waals surface area contributed by atoms with Crippen LogP contribution in [-0.4, -0.2) is 6.54 Å². The maximum atomic E-state index is 5.42. The third-order valence-corrected chi connectivity index (χ3v) is 2.31. The maximum Gasteiger partial charge on any atom is -0.00721 e. The molecule has 1 rings (SSSR count). The Morgan fingerprint density at radius 2 is 2.00 bits per heavy atom. The van der Waals surface area contributed by atoms with Crippen molar-refractivity contribution in [3.63, 3.8) is 0 Å². The second-order valence-corrected chi connectivity index (χ2v) is 3.20. The van der Waals surface area contributed by atoms with Crippen LogP contribution in [0.2, 0.25) is 0 Å². The molecule has 1 fully saturated rings. The number of nitrogens with two attached hydrogens (primary N) is 1. The Labute approximate surface area is 63.4 Å². The van der Waals surface area contributed by atoms with E-state index < -0.39 is 0 Å². The quantitative estimate of drug-likeness (QED) is 0.638. The summed E-state index contributed by atoms with van der Waals surface area (Å²) in [6, 6.07) is 0. The molecule has 9 heavy (non-hydrogen) atoms. The van der Waals surface area contributed by atoms with E-state index in [9.17, 15) is 0 Å². The third-order valence-electron chi connectivity index (χ3n) is 2.31. The second-order valence-electron chi connectivity index (χ2n) is 3.20. The molecular weight excluding hydrogens is 134 g/mol. The summed E-state index contributed by atoms with van der Waals surface area (Å²) in [5.74, 6) is 0. The molecule has 2 N–H and O–H groups in total. The predicted octanol–water partition coefficient (Wildman–Crippen LogP) is 1.95. The molecule has 2 heteroatoms. The van der Waals surface area contributed by atoms with Gasteiger partial charge in [-0.1, -0.05) is 13.3 Å². The van der Waals surface area contributed by atoms with Crippen molar-refractivity contribution in [1.29, 1.82) is 0 Å². The minimum atomic E-state index is 0. The van der Waals surface area contributed by atoms with Gasteiger partial charge in [-0.3, -0.25) is 0 Å². The molecule has 0 aromatic heterocycles. The zero-order valence-electron chi connectivity index (χ0n) is 6.02. The number of hydrogen-bond donors (Lipinski definition) is 1. The molecule has 1 saturated carbocycles. The van der Waals surface area contributed by atoms with Crippen molar-refractivity contribution >= 4 is 12.4 Å². The van der Waals surface area contributed by atoms with Crippen LogP contribution in [0.25, 0.3) is 0 Å². The topological polar surface area (TPSA) is 26.0 Å². The summed E-state index contributed by atoms with van der Waals surface area (Å²) in [6.45, 7) is 3.21. The highest BCUT2D eigenvalue weighted by molar-refractivity contribution is 5.85. The highest BCUT2D eigenvalue weighted by Gasteiger charge is 2.30. The highest BCUT2D eigenvalue weighted by atomic mass is 35.5. The van der Waals surface area contributed by atoms with Gasteiger partial charge >= 0.3 is 0 Å². The predicted molar refractivity (Wildman–Crippen MR) is 42.9 cm³/mol. The van der Waals surface area contributed by atoms with Crippen molar-refractivity contribution in [3.05, 3.63) is 0 Å². The molecule has 0 saturated heterocycles. The lowest BCUT2D eigenvalue weighted by Crippen LogP contribution is -2.28. The van der Waals surface area contributed by atoms with Crippen LogP contribution in [0.5, 0.6) is 0 Å². The molecule has 1 nitrogen and oxygen atoms in total. The molecule has 0 spiro atoms. The van der Waals surface area contributed by atoms with E-state index in [0.29, 0.717) is 5.41 Å². The van der Waals surface area contributed by atoms with E-state index >= 15 is 0 Å².